The molecular weight excluding hydrogens is 228 g/mol. The predicted octanol–water partition coefficient (Wildman–Crippen LogP) is 2.22. The second kappa shape index (κ2) is 6.40. The number of benzene rings is 1. The number of carboxylic acid groups (broad SMARTS) is 1. The van der Waals surface area contributed by atoms with E-state index in [9.17, 15) is 9.90 Å². The maximum absolute atomic E-state index is 11.2. The summed E-state index contributed by atoms with van der Waals surface area (Å²) in [5, 5.41) is 9.22. The van der Waals surface area contributed by atoms with Gasteiger partial charge in [-0.15, -0.1) is 0 Å². The number of carbonyl (C=O) groups is 1. The van der Waals surface area contributed by atoms with Gasteiger partial charge in [-0.2, -0.15) is 0 Å². The van der Waals surface area contributed by atoms with E-state index in [0.717, 1.165) is 24.3 Å². The van der Waals surface area contributed by atoms with E-state index < -0.39 is 12.0 Å². The van der Waals surface area contributed by atoms with Gasteiger partial charge in [-0.25, -0.2) is 0 Å². The molecule has 4 nitrogen and oxygen atoms in total. The first-order chi connectivity index (χ1) is 8.51. The Bertz CT molecular complexity index is 383. The molecule has 1 atom stereocenters. The van der Waals surface area contributed by atoms with Gasteiger partial charge < -0.3 is 10.0 Å². The maximum atomic E-state index is 11.2. The first-order valence-corrected chi connectivity index (χ1v) is 6.25. The third-order valence-corrected chi connectivity index (χ3v) is 3.09. The van der Waals surface area contributed by atoms with Crippen LogP contribution in [0, 0.1) is 0 Å². The summed E-state index contributed by atoms with van der Waals surface area (Å²) < 4.78 is 0. The van der Waals surface area contributed by atoms with Crippen molar-refractivity contribution in [2.75, 3.05) is 32.1 Å². The molecule has 0 radical (unpaired) electrons. The van der Waals surface area contributed by atoms with Crippen LogP contribution in [0.25, 0.3) is 0 Å². The van der Waals surface area contributed by atoms with Crippen molar-refractivity contribution in [3.05, 3.63) is 29.8 Å². The molecule has 1 rings (SSSR count). The summed E-state index contributed by atoms with van der Waals surface area (Å²) in [6.45, 7) is 6.12. The van der Waals surface area contributed by atoms with Gasteiger partial charge in [-0.3, -0.25) is 9.69 Å². The Morgan fingerprint density at radius 1 is 1.17 bits per heavy atom. The largest absolute Gasteiger partial charge is 0.480 e. The zero-order valence-electron chi connectivity index (χ0n) is 11.6. The smallest absolute Gasteiger partial charge is 0.325 e. The number of rotatable bonds is 6. The summed E-state index contributed by atoms with van der Waals surface area (Å²) in [6, 6.07) is 7.18. The van der Waals surface area contributed by atoms with Crippen molar-refractivity contribution in [2.24, 2.45) is 0 Å². The summed E-state index contributed by atoms with van der Waals surface area (Å²) >= 11 is 0. The van der Waals surface area contributed by atoms with Crippen molar-refractivity contribution in [2.45, 2.75) is 19.9 Å². The third-order valence-electron chi connectivity index (χ3n) is 3.09. The minimum Gasteiger partial charge on any atom is -0.480 e. The van der Waals surface area contributed by atoms with Crippen molar-refractivity contribution in [3.63, 3.8) is 0 Å². The molecule has 0 aliphatic carbocycles. The zero-order valence-corrected chi connectivity index (χ0v) is 11.6. The second-order valence-corrected chi connectivity index (χ2v) is 4.47. The van der Waals surface area contributed by atoms with E-state index >= 15 is 0 Å². The van der Waals surface area contributed by atoms with Gasteiger partial charge in [-0.05, 0) is 45.6 Å². The van der Waals surface area contributed by atoms with Gasteiger partial charge in [0.1, 0.15) is 6.04 Å². The number of hydrogen-bond acceptors (Lipinski definition) is 3. The third kappa shape index (κ3) is 3.23. The summed E-state index contributed by atoms with van der Waals surface area (Å²) in [4.78, 5) is 15.2. The summed E-state index contributed by atoms with van der Waals surface area (Å²) in [5.74, 6) is -0.824. The highest BCUT2D eigenvalue weighted by molar-refractivity contribution is 5.75. The van der Waals surface area contributed by atoms with Crippen LogP contribution in [0.5, 0.6) is 0 Å². The average Bonchev–Trinajstić information content (AvgIpc) is 2.31. The lowest BCUT2D eigenvalue weighted by molar-refractivity contribution is -0.142. The van der Waals surface area contributed by atoms with Crippen molar-refractivity contribution in [1.29, 1.82) is 0 Å². The lowest BCUT2D eigenvalue weighted by atomic mass is 10.1. The molecule has 100 valence electrons. The van der Waals surface area contributed by atoms with Crippen LogP contribution in [-0.2, 0) is 4.79 Å². The van der Waals surface area contributed by atoms with Gasteiger partial charge in [0.05, 0.1) is 0 Å². The normalized spacial score (nSPS) is 12.5. The Labute approximate surface area is 109 Å². The SMILES string of the molecule is CCN(CC)c1ccc(C(C(=O)O)N(C)C)cc1. The molecule has 0 aliphatic heterocycles. The predicted molar refractivity (Wildman–Crippen MR) is 74.1 cm³/mol. The minimum atomic E-state index is -0.824. The molecule has 0 saturated heterocycles. The molecule has 0 aromatic heterocycles. The molecule has 4 heteroatoms. The molecule has 1 unspecified atom stereocenters. The van der Waals surface area contributed by atoms with Crippen LogP contribution < -0.4 is 4.90 Å². The Morgan fingerprint density at radius 3 is 2.00 bits per heavy atom. The highest BCUT2D eigenvalue weighted by atomic mass is 16.4. The van der Waals surface area contributed by atoms with E-state index in [0.29, 0.717) is 0 Å². The van der Waals surface area contributed by atoms with Crippen LogP contribution in [0.1, 0.15) is 25.5 Å². The molecule has 1 N–H and O–H groups in total. The van der Waals surface area contributed by atoms with E-state index in [1.807, 2.05) is 24.3 Å². The lowest BCUT2D eigenvalue weighted by Crippen LogP contribution is -2.27. The molecule has 0 fully saturated rings. The fourth-order valence-electron chi connectivity index (χ4n) is 2.12. The van der Waals surface area contributed by atoms with Crippen LogP contribution in [0.15, 0.2) is 24.3 Å². The number of hydrogen-bond donors (Lipinski definition) is 1. The van der Waals surface area contributed by atoms with Gasteiger partial charge in [0.25, 0.3) is 0 Å². The van der Waals surface area contributed by atoms with Crippen molar-refractivity contribution in [1.82, 2.24) is 4.90 Å². The molecule has 1 aromatic carbocycles. The zero-order chi connectivity index (χ0) is 13.7. The Kier molecular flexibility index (Phi) is 5.16. The van der Waals surface area contributed by atoms with Gasteiger partial charge in [-0.1, -0.05) is 12.1 Å². The quantitative estimate of drug-likeness (QED) is 0.840. The van der Waals surface area contributed by atoms with Gasteiger partial charge in [0.2, 0.25) is 0 Å². The van der Waals surface area contributed by atoms with E-state index in [1.165, 1.54) is 0 Å². The molecular formula is C14H22N2O2. The van der Waals surface area contributed by atoms with E-state index in [2.05, 4.69) is 18.7 Å². The van der Waals surface area contributed by atoms with Crippen LogP contribution in [0.4, 0.5) is 5.69 Å². The molecule has 0 spiro atoms. The molecule has 1 aromatic rings. The summed E-state index contributed by atoms with van der Waals surface area (Å²) in [6.07, 6.45) is 0. The Balaban J connectivity index is 2.97. The number of likely N-dealkylation sites (N-methyl/N-ethyl adjacent to an activating group) is 1. The van der Waals surface area contributed by atoms with Crippen molar-refractivity contribution in [3.8, 4) is 0 Å². The lowest BCUT2D eigenvalue weighted by Gasteiger charge is -2.23. The summed E-state index contributed by atoms with van der Waals surface area (Å²) in [5.41, 5.74) is 1.94. The highest BCUT2D eigenvalue weighted by Gasteiger charge is 2.21. The maximum Gasteiger partial charge on any atom is 0.325 e. The summed E-state index contributed by atoms with van der Waals surface area (Å²) in [7, 11) is 3.55. The molecule has 18 heavy (non-hydrogen) atoms. The number of carboxylic acids is 1. The van der Waals surface area contributed by atoms with Gasteiger partial charge >= 0.3 is 5.97 Å². The van der Waals surface area contributed by atoms with Gasteiger partial charge in [0, 0.05) is 18.8 Å². The monoisotopic (exact) mass is 250 g/mol. The van der Waals surface area contributed by atoms with Crippen LogP contribution in [-0.4, -0.2) is 43.2 Å². The standard InChI is InChI=1S/C14H22N2O2/c1-5-16(6-2)12-9-7-11(8-10-12)13(14(17)18)15(3)4/h7-10,13H,5-6H2,1-4H3,(H,17,18). The number of anilines is 1. The number of nitrogens with zero attached hydrogens (tertiary/aromatic N) is 2. The fraction of sp³-hybridized carbons (Fsp3) is 0.500. The van der Waals surface area contributed by atoms with Crippen molar-refractivity contribution < 1.29 is 9.90 Å². The molecule has 0 bridgehead atoms. The number of aliphatic carboxylic acids is 1. The van der Waals surface area contributed by atoms with Gasteiger partial charge in [0.15, 0.2) is 0 Å². The van der Waals surface area contributed by atoms with Crippen LogP contribution in [0.2, 0.25) is 0 Å². The topological polar surface area (TPSA) is 43.8 Å². The van der Waals surface area contributed by atoms with E-state index in [1.54, 1.807) is 19.0 Å². The Hall–Kier alpha value is -1.55. The minimum absolute atomic E-state index is 0.587. The van der Waals surface area contributed by atoms with E-state index in [4.69, 9.17) is 0 Å². The van der Waals surface area contributed by atoms with Crippen molar-refractivity contribution >= 4 is 11.7 Å². The molecule has 0 heterocycles. The average molecular weight is 250 g/mol. The molecule has 0 saturated carbocycles. The first-order valence-electron chi connectivity index (χ1n) is 6.25. The van der Waals surface area contributed by atoms with Crippen LogP contribution in [0.3, 0.4) is 0 Å². The van der Waals surface area contributed by atoms with E-state index in [-0.39, 0.29) is 0 Å². The molecule has 0 aliphatic rings. The fourth-order valence-corrected chi connectivity index (χ4v) is 2.12. The molecule has 0 amide bonds. The highest BCUT2D eigenvalue weighted by Crippen LogP contribution is 2.22. The second-order valence-electron chi connectivity index (χ2n) is 4.47. The first kappa shape index (κ1) is 14.5. The Morgan fingerprint density at radius 2 is 1.67 bits per heavy atom. The van der Waals surface area contributed by atoms with Crippen LogP contribution >= 0.6 is 0 Å².